The van der Waals surface area contributed by atoms with Crippen LogP contribution in [0.15, 0.2) is 22.7 Å². The van der Waals surface area contributed by atoms with Crippen LogP contribution in [0.3, 0.4) is 0 Å². The summed E-state index contributed by atoms with van der Waals surface area (Å²) in [5.74, 6) is 0.491. The molecule has 0 saturated carbocycles. The minimum atomic E-state index is -0.150. The topological polar surface area (TPSA) is 12.0 Å². The van der Waals surface area contributed by atoms with Crippen molar-refractivity contribution in [2.24, 2.45) is 5.92 Å². The van der Waals surface area contributed by atoms with Crippen molar-refractivity contribution in [1.29, 1.82) is 0 Å². The molecule has 0 spiro atoms. The van der Waals surface area contributed by atoms with Crippen LogP contribution in [0.4, 0.5) is 4.39 Å². The Balaban J connectivity index is 2.44. The molecule has 0 aliphatic carbocycles. The van der Waals surface area contributed by atoms with E-state index in [-0.39, 0.29) is 5.82 Å². The molecule has 0 aliphatic heterocycles. The van der Waals surface area contributed by atoms with E-state index in [9.17, 15) is 4.39 Å². The van der Waals surface area contributed by atoms with E-state index in [0.717, 1.165) is 35.8 Å². The summed E-state index contributed by atoms with van der Waals surface area (Å²) in [6.45, 7) is 7.78. The first-order valence-electron chi connectivity index (χ1n) is 7.22. The molecule has 0 aromatic heterocycles. The number of hydrogen-bond acceptors (Lipinski definition) is 1. The Morgan fingerprint density at radius 1 is 1.32 bits per heavy atom. The molecule has 0 aliphatic rings. The van der Waals surface area contributed by atoms with E-state index < -0.39 is 0 Å². The van der Waals surface area contributed by atoms with Gasteiger partial charge >= 0.3 is 0 Å². The number of hydrogen-bond donors (Lipinski definition) is 1. The van der Waals surface area contributed by atoms with Crippen LogP contribution in [0.2, 0.25) is 0 Å². The van der Waals surface area contributed by atoms with Gasteiger partial charge < -0.3 is 5.32 Å². The molecule has 1 aromatic rings. The van der Waals surface area contributed by atoms with E-state index in [0.29, 0.717) is 12.0 Å². The molecule has 0 amide bonds. The van der Waals surface area contributed by atoms with Crippen LogP contribution < -0.4 is 5.32 Å². The summed E-state index contributed by atoms with van der Waals surface area (Å²) in [5.41, 5.74) is 1.07. The zero-order valence-electron chi connectivity index (χ0n) is 12.2. The fraction of sp³-hybridized carbons (Fsp3) is 0.625. The van der Waals surface area contributed by atoms with Crippen molar-refractivity contribution in [3.63, 3.8) is 0 Å². The van der Waals surface area contributed by atoms with Crippen molar-refractivity contribution < 1.29 is 4.39 Å². The van der Waals surface area contributed by atoms with Gasteiger partial charge in [-0.25, -0.2) is 4.39 Å². The molecule has 0 bridgehead atoms. The monoisotopic (exact) mass is 329 g/mol. The molecule has 0 fully saturated rings. The van der Waals surface area contributed by atoms with Crippen LogP contribution >= 0.6 is 15.9 Å². The average Bonchev–Trinajstić information content (AvgIpc) is 2.37. The van der Waals surface area contributed by atoms with E-state index in [4.69, 9.17) is 0 Å². The summed E-state index contributed by atoms with van der Waals surface area (Å²) >= 11 is 3.49. The fourth-order valence-electron chi connectivity index (χ4n) is 2.25. The molecule has 0 radical (unpaired) electrons. The lowest BCUT2D eigenvalue weighted by molar-refractivity contribution is 0.370. The molecule has 1 aromatic carbocycles. The zero-order valence-corrected chi connectivity index (χ0v) is 13.8. The Morgan fingerprint density at radius 2 is 2.05 bits per heavy atom. The predicted molar refractivity (Wildman–Crippen MR) is 84.0 cm³/mol. The van der Waals surface area contributed by atoms with Crippen molar-refractivity contribution >= 4 is 15.9 Å². The minimum absolute atomic E-state index is 0.150. The lowest BCUT2D eigenvalue weighted by Gasteiger charge is -2.22. The van der Waals surface area contributed by atoms with Crippen LogP contribution in [0.1, 0.15) is 45.6 Å². The number of aryl methyl sites for hydroxylation is 1. The Kier molecular flexibility index (Phi) is 7.62. The molecule has 1 N–H and O–H groups in total. The van der Waals surface area contributed by atoms with E-state index >= 15 is 0 Å². The molecular weight excluding hydrogens is 305 g/mol. The van der Waals surface area contributed by atoms with Gasteiger partial charge in [0.1, 0.15) is 5.82 Å². The van der Waals surface area contributed by atoms with Gasteiger partial charge in [-0.2, -0.15) is 0 Å². The van der Waals surface area contributed by atoms with Gasteiger partial charge in [0.2, 0.25) is 0 Å². The lowest BCUT2D eigenvalue weighted by atomic mass is 9.96. The molecule has 1 unspecified atom stereocenters. The summed E-state index contributed by atoms with van der Waals surface area (Å²) < 4.78 is 14.2. The van der Waals surface area contributed by atoms with Gasteiger partial charge in [-0.15, -0.1) is 0 Å². The highest BCUT2D eigenvalue weighted by molar-refractivity contribution is 9.10. The van der Waals surface area contributed by atoms with Crippen LogP contribution in [0.5, 0.6) is 0 Å². The first-order chi connectivity index (χ1) is 9.04. The second kappa shape index (κ2) is 8.70. The van der Waals surface area contributed by atoms with Crippen LogP contribution in [0.25, 0.3) is 0 Å². The van der Waals surface area contributed by atoms with Gasteiger partial charge in [-0.3, -0.25) is 0 Å². The highest BCUT2D eigenvalue weighted by atomic mass is 79.9. The largest absolute Gasteiger partial charge is 0.314 e. The SMILES string of the molecule is CCCNC(CCCc1cc(F)ccc1Br)C(C)C. The second-order valence-electron chi connectivity index (χ2n) is 5.43. The molecule has 19 heavy (non-hydrogen) atoms. The summed E-state index contributed by atoms with van der Waals surface area (Å²) in [6, 6.07) is 5.48. The third-order valence-electron chi connectivity index (χ3n) is 3.43. The first-order valence-corrected chi connectivity index (χ1v) is 8.01. The van der Waals surface area contributed by atoms with Crippen LogP contribution in [-0.4, -0.2) is 12.6 Å². The predicted octanol–water partition coefficient (Wildman–Crippen LogP) is 4.94. The van der Waals surface area contributed by atoms with Gasteiger partial charge in [-0.1, -0.05) is 36.7 Å². The Labute approximate surface area is 125 Å². The molecule has 3 heteroatoms. The van der Waals surface area contributed by atoms with Crippen molar-refractivity contribution in [2.45, 2.75) is 52.5 Å². The normalized spacial score (nSPS) is 12.9. The van der Waals surface area contributed by atoms with E-state index in [2.05, 4.69) is 42.0 Å². The summed E-state index contributed by atoms with van der Waals surface area (Å²) in [5, 5.41) is 3.60. The smallest absolute Gasteiger partial charge is 0.123 e. The summed E-state index contributed by atoms with van der Waals surface area (Å²) in [7, 11) is 0. The van der Waals surface area contributed by atoms with Crippen LogP contribution in [-0.2, 0) is 6.42 Å². The summed E-state index contributed by atoms with van der Waals surface area (Å²) in [6.07, 6.45) is 4.32. The van der Waals surface area contributed by atoms with Crippen molar-refractivity contribution in [2.75, 3.05) is 6.54 Å². The van der Waals surface area contributed by atoms with Gasteiger partial charge in [0.05, 0.1) is 0 Å². The van der Waals surface area contributed by atoms with Crippen LogP contribution in [0, 0.1) is 11.7 Å². The highest BCUT2D eigenvalue weighted by Gasteiger charge is 2.12. The Bertz CT molecular complexity index is 379. The van der Waals surface area contributed by atoms with E-state index in [1.807, 2.05) is 0 Å². The number of benzene rings is 1. The maximum Gasteiger partial charge on any atom is 0.123 e. The summed E-state index contributed by atoms with van der Waals surface area (Å²) in [4.78, 5) is 0. The standard InChI is InChI=1S/C16H25BrFN/c1-4-10-19-16(12(2)3)7-5-6-13-11-14(18)8-9-15(13)17/h8-9,11-12,16,19H,4-7,10H2,1-3H3. The van der Waals surface area contributed by atoms with E-state index in [1.54, 1.807) is 12.1 Å². The fourth-order valence-corrected chi connectivity index (χ4v) is 2.69. The third-order valence-corrected chi connectivity index (χ3v) is 4.20. The highest BCUT2D eigenvalue weighted by Crippen LogP contribution is 2.21. The molecule has 108 valence electrons. The lowest BCUT2D eigenvalue weighted by Crippen LogP contribution is -2.34. The number of halogens is 2. The van der Waals surface area contributed by atoms with Crippen molar-refractivity contribution in [3.8, 4) is 0 Å². The average molecular weight is 330 g/mol. The van der Waals surface area contributed by atoms with Gasteiger partial charge in [0, 0.05) is 10.5 Å². The second-order valence-corrected chi connectivity index (χ2v) is 6.29. The molecule has 1 nitrogen and oxygen atoms in total. The van der Waals surface area contributed by atoms with Gasteiger partial charge in [0.25, 0.3) is 0 Å². The van der Waals surface area contributed by atoms with Gasteiger partial charge in [0.15, 0.2) is 0 Å². The minimum Gasteiger partial charge on any atom is -0.314 e. The number of nitrogens with one attached hydrogen (secondary N) is 1. The molecule has 0 heterocycles. The quantitative estimate of drug-likeness (QED) is 0.712. The zero-order chi connectivity index (χ0) is 14.3. The molecule has 1 rings (SSSR count). The molecular formula is C16H25BrFN. The Morgan fingerprint density at radius 3 is 2.68 bits per heavy atom. The van der Waals surface area contributed by atoms with E-state index in [1.165, 1.54) is 12.5 Å². The number of rotatable bonds is 8. The van der Waals surface area contributed by atoms with Gasteiger partial charge in [-0.05, 0) is 61.9 Å². The van der Waals surface area contributed by atoms with Crippen molar-refractivity contribution in [3.05, 3.63) is 34.1 Å². The maximum atomic E-state index is 13.2. The molecule has 1 atom stereocenters. The first kappa shape index (κ1) is 16.6. The third kappa shape index (κ3) is 6.05. The molecule has 0 saturated heterocycles. The Hall–Kier alpha value is -0.410. The van der Waals surface area contributed by atoms with Crippen molar-refractivity contribution in [1.82, 2.24) is 5.32 Å². The maximum absolute atomic E-state index is 13.2.